The molecular weight excluding hydrogens is 318 g/mol. The van der Waals surface area contributed by atoms with Crippen LogP contribution < -0.4 is 10.9 Å². The second kappa shape index (κ2) is 7.78. The summed E-state index contributed by atoms with van der Waals surface area (Å²) < 4.78 is 6.36. The first kappa shape index (κ1) is 17.6. The van der Waals surface area contributed by atoms with Gasteiger partial charge in [-0.3, -0.25) is 9.59 Å². The van der Waals surface area contributed by atoms with Crippen molar-refractivity contribution < 1.29 is 9.53 Å². The molecule has 0 saturated heterocycles. The molecule has 0 radical (unpaired) electrons. The summed E-state index contributed by atoms with van der Waals surface area (Å²) in [6.45, 7) is 2.59. The van der Waals surface area contributed by atoms with Crippen molar-refractivity contribution >= 4 is 16.7 Å². The van der Waals surface area contributed by atoms with Crippen LogP contribution in [0.2, 0.25) is 0 Å². The average Bonchev–Trinajstić information content (AvgIpc) is 2.64. The van der Waals surface area contributed by atoms with Gasteiger partial charge in [0.2, 0.25) is 0 Å². The lowest BCUT2D eigenvalue weighted by Crippen LogP contribution is -2.43. The van der Waals surface area contributed by atoms with Crippen LogP contribution in [0.4, 0.5) is 0 Å². The number of hydrogen-bond donors (Lipinski definition) is 1. The summed E-state index contributed by atoms with van der Waals surface area (Å²) in [5.74, 6) is -0.0680. The van der Waals surface area contributed by atoms with Gasteiger partial charge in [-0.1, -0.05) is 18.2 Å². The van der Waals surface area contributed by atoms with Gasteiger partial charge in [0.15, 0.2) is 0 Å². The Labute approximate surface area is 147 Å². The molecule has 1 aliphatic carbocycles. The molecule has 1 aliphatic rings. The van der Waals surface area contributed by atoms with Crippen LogP contribution in [0.15, 0.2) is 35.3 Å². The number of nitrogens with one attached hydrogen (secondary N) is 1. The summed E-state index contributed by atoms with van der Waals surface area (Å²) in [4.78, 5) is 24.1. The van der Waals surface area contributed by atoms with Crippen LogP contribution in [0, 0.1) is 5.92 Å². The van der Waals surface area contributed by atoms with Gasteiger partial charge in [0, 0.05) is 17.5 Å². The lowest BCUT2D eigenvalue weighted by atomic mass is 9.86. The lowest BCUT2D eigenvalue weighted by Gasteiger charge is -2.30. The van der Waals surface area contributed by atoms with E-state index >= 15 is 0 Å². The van der Waals surface area contributed by atoms with Crippen LogP contribution >= 0.6 is 0 Å². The van der Waals surface area contributed by atoms with Crippen LogP contribution in [0.1, 0.15) is 32.6 Å². The number of hydrogen-bond acceptors (Lipinski definition) is 5. The maximum absolute atomic E-state index is 12.5. The van der Waals surface area contributed by atoms with Gasteiger partial charge in [0.05, 0.1) is 31.2 Å². The predicted molar refractivity (Wildman–Crippen MR) is 96.4 cm³/mol. The van der Waals surface area contributed by atoms with E-state index in [-0.39, 0.29) is 23.5 Å². The molecule has 0 amide bonds. The van der Waals surface area contributed by atoms with Gasteiger partial charge < -0.3 is 10.1 Å². The van der Waals surface area contributed by atoms with Crippen molar-refractivity contribution in [1.29, 1.82) is 0 Å². The van der Waals surface area contributed by atoms with Gasteiger partial charge in [0.25, 0.3) is 5.56 Å². The van der Waals surface area contributed by atoms with Crippen LogP contribution in [-0.2, 0) is 16.1 Å². The summed E-state index contributed by atoms with van der Waals surface area (Å²) in [6.07, 6.45) is 5.34. The normalized spacial score (nSPS) is 21.8. The van der Waals surface area contributed by atoms with Crippen LogP contribution in [0.5, 0.6) is 0 Å². The quantitative estimate of drug-likeness (QED) is 0.842. The molecule has 6 nitrogen and oxygen atoms in total. The van der Waals surface area contributed by atoms with E-state index in [1.807, 2.05) is 24.3 Å². The Morgan fingerprint density at radius 1 is 1.32 bits per heavy atom. The number of esters is 1. The Kier molecular flexibility index (Phi) is 5.48. The van der Waals surface area contributed by atoms with Crippen LogP contribution in [0.3, 0.4) is 0 Å². The topological polar surface area (TPSA) is 73.2 Å². The Hall–Kier alpha value is -2.21. The monoisotopic (exact) mass is 343 g/mol. The number of fused-ring (bicyclic) bond motifs is 1. The minimum atomic E-state index is -0.0987. The van der Waals surface area contributed by atoms with Gasteiger partial charge in [0.1, 0.15) is 0 Å². The third kappa shape index (κ3) is 4.07. The number of carbonyl (C=O) groups excluding carboxylic acids is 1. The van der Waals surface area contributed by atoms with Crippen molar-refractivity contribution in [3.63, 3.8) is 0 Å². The van der Waals surface area contributed by atoms with Gasteiger partial charge in [-0.25, -0.2) is 4.68 Å². The number of benzene rings is 1. The minimum absolute atomic E-state index is 0.0307. The Morgan fingerprint density at radius 2 is 2.04 bits per heavy atom. The van der Waals surface area contributed by atoms with Crippen molar-refractivity contribution in [2.24, 2.45) is 5.92 Å². The fourth-order valence-corrected chi connectivity index (χ4v) is 3.63. The number of methoxy groups -OCH3 is 1. The zero-order valence-corrected chi connectivity index (χ0v) is 14.8. The number of aromatic nitrogens is 2. The first-order valence-corrected chi connectivity index (χ1v) is 8.87. The van der Waals surface area contributed by atoms with Crippen molar-refractivity contribution in [2.45, 2.75) is 51.2 Å². The fourth-order valence-electron chi connectivity index (χ4n) is 3.63. The van der Waals surface area contributed by atoms with E-state index in [2.05, 4.69) is 17.3 Å². The molecule has 0 bridgehead atoms. The molecule has 1 saturated carbocycles. The second-order valence-electron chi connectivity index (χ2n) is 6.86. The molecule has 6 heteroatoms. The number of ether oxygens (including phenoxy) is 1. The van der Waals surface area contributed by atoms with Gasteiger partial charge in [-0.2, -0.15) is 5.10 Å². The highest BCUT2D eigenvalue weighted by Gasteiger charge is 2.27. The maximum Gasteiger partial charge on any atom is 0.308 e. The minimum Gasteiger partial charge on any atom is -0.469 e. The Bertz CT molecular complexity index is 794. The number of nitrogens with zero attached hydrogens (tertiary/aromatic N) is 2. The van der Waals surface area contributed by atoms with Crippen molar-refractivity contribution in [3.8, 4) is 0 Å². The maximum atomic E-state index is 12.5. The van der Waals surface area contributed by atoms with Gasteiger partial charge >= 0.3 is 5.97 Å². The number of carbonyl (C=O) groups is 1. The molecule has 134 valence electrons. The third-order valence-corrected chi connectivity index (χ3v) is 4.99. The lowest BCUT2D eigenvalue weighted by molar-refractivity contribution is -0.146. The molecule has 0 spiro atoms. The molecule has 3 rings (SSSR count). The van der Waals surface area contributed by atoms with Gasteiger partial charge in [-0.15, -0.1) is 0 Å². The summed E-state index contributed by atoms with van der Waals surface area (Å²) in [5, 5.41) is 9.42. The van der Waals surface area contributed by atoms with E-state index in [9.17, 15) is 9.59 Å². The Balaban J connectivity index is 1.58. The summed E-state index contributed by atoms with van der Waals surface area (Å²) in [6, 6.07) is 8.01. The molecule has 1 aromatic heterocycles. The van der Waals surface area contributed by atoms with E-state index in [1.54, 1.807) is 6.20 Å². The zero-order valence-electron chi connectivity index (χ0n) is 14.8. The zero-order chi connectivity index (χ0) is 17.8. The molecule has 1 unspecified atom stereocenters. The molecule has 25 heavy (non-hydrogen) atoms. The average molecular weight is 343 g/mol. The number of rotatable bonds is 5. The van der Waals surface area contributed by atoms with Crippen molar-refractivity contribution in [1.82, 2.24) is 15.1 Å². The molecule has 1 fully saturated rings. The van der Waals surface area contributed by atoms with Crippen LogP contribution in [-0.4, -0.2) is 34.9 Å². The third-order valence-electron chi connectivity index (χ3n) is 4.99. The van der Waals surface area contributed by atoms with Crippen molar-refractivity contribution in [2.75, 3.05) is 7.11 Å². The highest BCUT2D eigenvalue weighted by atomic mass is 16.5. The first-order chi connectivity index (χ1) is 12.1. The SMILES string of the molecule is COC(=O)C1CCC(NC(C)Cn2ncc3ccccc3c2=O)CC1. The molecule has 1 aromatic carbocycles. The molecule has 1 heterocycles. The molecule has 1 N–H and O–H groups in total. The largest absolute Gasteiger partial charge is 0.469 e. The summed E-state index contributed by atoms with van der Waals surface area (Å²) >= 11 is 0. The summed E-state index contributed by atoms with van der Waals surface area (Å²) in [7, 11) is 1.45. The smallest absolute Gasteiger partial charge is 0.308 e. The Morgan fingerprint density at radius 3 is 2.76 bits per heavy atom. The first-order valence-electron chi connectivity index (χ1n) is 8.87. The van der Waals surface area contributed by atoms with Crippen molar-refractivity contribution in [3.05, 3.63) is 40.8 Å². The van der Waals surface area contributed by atoms with E-state index in [4.69, 9.17) is 4.74 Å². The fraction of sp³-hybridized carbons (Fsp3) is 0.526. The van der Waals surface area contributed by atoms with Crippen LogP contribution in [0.25, 0.3) is 10.8 Å². The molecule has 2 aromatic rings. The highest BCUT2D eigenvalue weighted by Crippen LogP contribution is 2.25. The van der Waals surface area contributed by atoms with E-state index in [0.717, 1.165) is 31.1 Å². The second-order valence-corrected chi connectivity index (χ2v) is 6.86. The highest BCUT2D eigenvalue weighted by molar-refractivity contribution is 5.80. The summed E-state index contributed by atoms with van der Waals surface area (Å²) in [5.41, 5.74) is -0.0545. The molecular formula is C19H25N3O3. The standard InChI is InChI=1S/C19H25N3O3/c1-13(21-16-9-7-14(8-10-16)19(24)25-2)12-22-18(23)17-6-4-3-5-15(17)11-20-22/h3-6,11,13-14,16,21H,7-10,12H2,1-2H3. The predicted octanol–water partition coefficient (Wildman–Crippen LogP) is 2.11. The van der Waals surface area contributed by atoms with E-state index in [0.29, 0.717) is 18.0 Å². The molecule has 1 atom stereocenters. The van der Waals surface area contributed by atoms with Gasteiger partial charge in [-0.05, 0) is 38.7 Å². The molecule has 0 aliphatic heterocycles. The van der Waals surface area contributed by atoms with E-state index < -0.39 is 0 Å². The van der Waals surface area contributed by atoms with E-state index in [1.165, 1.54) is 11.8 Å².